The van der Waals surface area contributed by atoms with Gasteiger partial charge in [0.2, 0.25) is 0 Å². The summed E-state index contributed by atoms with van der Waals surface area (Å²) in [4.78, 5) is 0. The number of halogens is 1. The topological polar surface area (TPSA) is 35.8 Å². The van der Waals surface area contributed by atoms with E-state index in [0.717, 1.165) is 16.8 Å². The van der Waals surface area contributed by atoms with E-state index >= 15 is 0 Å². The molecule has 0 radical (unpaired) electrons. The lowest BCUT2D eigenvalue weighted by molar-refractivity contribution is 0.645. The van der Waals surface area contributed by atoms with Crippen molar-refractivity contribution in [2.45, 2.75) is 25.8 Å². The standard InChI is InChI=1S/C17H17ClN2/c1-13-5-3-4-6-16(13)20-17(2,12-19)11-14-7-9-15(18)10-8-14/h3-10,20H,11H2,1-2H3. The Morgan fingerprint density at radius 1 is 1.15 bits per heavy atom. The van der Waals surface area contributed by atoms with E-state index in [9.17, 15) is 5.26 Å². The summed E-state index contributed by atoms with van der Waals surface area (Å²) >= 11 is 5.89. The first-order valence-corrected chi connectivity index (χ1v) is 6.90. The van der Waals surface area contributed by atoms with Crippen molar-refractivity contribution < 1.29 is 0 Å². The first-order chi connectivity index (χ1) is 9.52. The van der Waals surface area contributed by atoms with Crippen molar-refractivity contribution in [2.24, 2.45) is 0 Å². The average molecular weight is 285 g/mol. The Morgan fingerprint density at radius 3 is 2.40 bits per heavy atom. The number of benzene rings is 2. The summed E-state index contributed by atoms with van der Waals surface area (Å²) in [7, 11) is 0. The Hall–Kier alpha value is -1.98. The smallest absolute Gasteiger partial charge is 0.126 e. The van der Waals surface area contributed by atoms with Gasteiger partial charge in [0.05, 0.1) is 6.07 Å². The maximum absolute atomic E-state index is 9.51. The highest BCUT2D eigenvalue weighted by molar-refractivity contribution is 6.30. The predicted octanol–water partition coefficient (Wildman–Crippen LogP) is 4.59. The van der Waals surface area contributed by atoms with Crippen molar-refractivity contribution in [1.29, 1.82) is 5.26 Å². The Bertz CT molecular complexity index is 628. The first-order valence-electron chi connectivity index (χ1n) is 6.52. The largest absolute Gasteiger partial charge is 0.367 e. The first kappa shape index (κ1) is 14.4. The van der Waals surface area contributed by atoms with Gasteiger partial charge in [0.15, 0.2) is 0 Å². The molecule has 0 aromatic heterocycles. The number of nitrogens with zero attached hydrogens (tertiary/aromatic N) is 1. The van der Waals surface area contributed by atoms with Crippen LogP contribution in [0.25, 0.3) is 0 Å². The second-order valence-electron chi connectivity index (χ2n) is 5.19. The molecule has 0 fully saturated rings. The van der Waals surface area contributed by atoms with Gasteiger partial charge in [-0.05, 0) is 43.2 Å². The molecule has 0 saturated heterocycles. The number of anilines is 1. The molecule has 0 aliphatic carbocycles. The van der Waals surface area contributed by atoms with Crippen LogP contribution in [0.1, 0.15) is 18.1 Å². The third kappa shape index (κ3) is 3.53. The number of rotatable bonds is 4. The summed E-state index contributed by atoms with van der Waals surface area (Å²) in [6.45, 7) is 3.94. The molecule has 1 atom stereocenters. The zero-order chi connectivity index (χ0) is 14.6. The van der Waals surface area contributed by atoms with Crippen LogP contribution in [0.2, 0.25) is 5.02 Å². The minimum absolute atomic E-state index is 0.620. The van der Waals surface area contributed by atoms with Crippen molar-refractivity contribution in [3.05, 3.63) is 64.7 Å². The van der Waals surface area contributed by atoms with E-state index in [-0.39, 0.29) is 0 Å². The van der Waals surface area contributed by atoms with Crippen LogP contribution < -0.4 is 5.32 Å². The van der Waals surface area contributed by atoms with Crippen LogP contribution in [0.4, 0.5) is 5.69 Å². The van der Waals surface area contributed by atoms with Crippen LogP contribution in [0.5, 0.6) is 0 Å². The summed E-state index contributed by atoms with van der Waals surface area (Å²) in [5.74, 6) is 0. The Balaban J connectivity index is 2.19. The van der Waals surface area contributed by atoms with Crippen molar-refractivity contribution in [3.63, 3.8) is 0 Å². The maximum Gasteiger partial charge on any atom is 0.126 e. The lowest BCUT2D eigenvalue weighted by atomic mass is 9.93. The SMILES string of the molecule is Cc1ccccc1NC(C)(C#N)Cc1ccc(Cl)cc1. The Labute approximate surface area is 125 Å². The highest BCUT2D eigenvalue weighted by atomic mass is 35.5. The normalized spacial score (nSPS) is 13.3. The van der Waals surface area contributed by atoms with Crippen molar-refractivity contribution in [3.8, 4) is 6.07 Å². The summed E-state index contributed by atoms with van der Waals surface area (Å²) in [6, 6.07) is 18.0. The van der Waals surface area contributed by atoms with Gasteiger partial charge >= 0.3 is 0 Å². The van der Waals surface area contributed by atoms with Gasteiger partial charge in [0, 0.05) is 17.1 Å². The minimum atomic E-state index is -0.653. The molecular weight excluding hydrogens is 268 g/mol. The molecule has 1 unspecified atom stereocenters. The lowest BCUT2D eigenvalue weighted by Crippen LogP contribution is -2.35. The highest BCUT2D eigenvalue weighted by Crippen LogP contribution is 2.23. The predicted molar refractivity (Wildman–Crippen MR) is 84.0 cm³/mol. The third-order valence-corrected chi connectivity index (χ3v) is 3.53. The van der Waals surface area contributed by atoms with Gasteiger partial charge in [-0.15, -0.1) is 0 Å². The van der Waals surface area contributed by atoms with Gasteiger partial charge in [-0.3, -0.25) is 0 Å². The molecule has 0 aliphatic rings. The van der Waals surface area contributed by atoms with Gasteiger partial charge in [0.1, 0.15) is 5.54 Å². The van der Waals surface area contributed by atoms with Crippen molar-refractivity contribution in [1.82, 2.24) is 0 Å². The van der Waals surface area contributed by atoms with Crippen LogP contribution in [-0.4, -0.2) is 5.54 Å². The van der Waals surface area contributed by atoms with Crippen LogP contribution in [0.3, 0.4) is 0 Å². The Kier molecular flexibility index (Phi) is 4.32. The molecular formula is C17H17ClN2. The third-order valence-electron chi connectivity index (χ3n) is 3.27. The molecule has 102 valence electrons. The number of hydrogen-bond acceptors (Lipinski definition) is 2. The minimum Gasteiger partial charge on any atom is -0.367 e. The quantitative estimate of drug-likeness (QED) is 0.891. The van der Waals surface area contributed by atoms with Gasteiger partial charge in [-0.2, -0.15) is 5.26 Å². The zero-order valence-corrected chi connectivity index (χ0v) is 12.4. The number of hydrogen-bond donors (Lipinski definition) is 1. The van der Waals surface area contributed by atoms with E-state index in [1.807, 2.05) is 62.4 Å². The van der Waals surface area contributed by atoms with E-state index in [2.05, 4.69) is 11.4 Å². The molecule has 2 aromatic carbocycles. The molecule has 2 rings (SSSR count). The second kappa shape index (κ2) is 5.98. The molecule has 0 amide bonds. The zero-order valence-electron chi connectivity index (χ0n) is 11.7. The van der Waals surface area contributed by atoms with E-state index < -0.39 is 5.54 Å². The Morgan fingerprint density at radius 2 is 1.80 bits per heavy atom. The van der Waals surface area contributed by atoms with E-state index in [1.54, 1.807) is 0 Å². The van der Waals surface area contributed by atoms with E-state index in [4.69, 9.17) is 11.6 Å². The molecule has 0 heterocycles. The van der Waals surface area contributed by atoms with Crippen LogP contribution in [0, 0.1) is 18.3 Å². The van der Waals surface area contributed by atoms with Crippen LogP contribution in [-0.2, 0) is 6.42 Å². The molecule has 2 nitrogen and oxygen atoms in total. The molecule has 0 saturated carbocycles. The summed E-state index contributed by atoms with van der Waals surface area (Å²) in [5, 5.41) is 13.6. The van der Waals surface area contributed by atoms with Gasteiger partial charge < -0.3 is 5.32 Å². The molecule has 3 heteroatoms. The number of para-hydroxylation sites is 1. The molecule has 2 aromatic rings. The monoisotopic (exact) mass is 284 g/mol. The van der Waals surface area contributed by atoms with Crippen molar-refractivity contribution >= 4 is 17.3 Å². The van der Waals surface area contributed by atoms with Crippen LogP contribution >= 0.6 is 11.6 Å². The molecule has 0 aliphatic heterocycles. The van der Waals surface area contributed by atoms with Gasteiger partial charge in [-0.25, -0.2) is 0 Å². The molecule has 1 N–H and O–H groups in total. The number of aryl methyl sites for hydroxylation is 1. The van der Waals surface area contributed by atoms with E-state index in [1.165, 1.54) is 0 Å². The molecule has 0 spiro atoms. The maximum atomic E-state index is 9.51. The fraction of sp³-hybridized carbons (Fsp3) is 0.235. The van der Waals surface area contributed by atoms with Crippen LogP contribution in [0.15, 0.2) is 48.5 Å². The van der Waals surface area contributed by atoms with E-state index in [0.29, 0.717) is 11.4 Å². The van der Waals surface area contributed by atoms with Gasteiger partial charge in [-0.1, -0.05) is 41.9 Å². The fourth-order valence-corrected chi connectivity index (χ4v) is 2.26. The fourth-order valence-electron chi connectivity index (χ4n) is 2.13. The molecule has 20 heavy (non-hydrogen) atoms. The summed E-state index contributed by atoms with van der Waals surface area (Å²) in [5.41, 5.74) is 2.55. The second-order valence-corrected chi connectivity index (χ2v) is 5.62. The summed E-state index contributed by atoms with van der Waals surface area (Å²) in [6.07, 6.45) is 0.620. The highest BCUT2D eigenvalue weighted by Gasteiger charge is 2.24. The lowest BCUT2D eigenvalue weighted by Gasteiger charge is -2.25. The number of nitriles is 1. The molecule has 0 bridgehead atoms. The van der Waals surface area contributed by atoms with Gasteiger partial charge in [0.25, 0.3) is 0 Å². The summed E-state index contributed by atoms with van der Waals surface area (Å²) < 4.78 is 0. The number of nitrogens with one attached hydrogen (secondary N) is 1. The average Bonchev–Trinajstić information content (AvgIpc) is 2.44. The van der Waals surface area contributed by atoms with Crippen molar-refractivity contribution in [2.75, 3.05) is 5.32 Å².